The van der Waals surface area contributed by atoms with Gasteiger partial charge >= 0.3 is 0 Å². The van der Waals surface area contributed by atoms with Crippen molar-refractivity contribution in [1.29, 1.82) is 0 Å². The Morgan fingerprint density at radius 1 is 1.09 bits per heavy atom. The lowest BCUT2D eigenvalue weighted by Crippen LogP contribution is -2.34. The summed E-state index contributed by atoms with van der Waals surface area (Å²) >= 11 is 0. The van der Waals surface area contributed by atoms with Gasteiger partial charge in [0.25, 0.3) is 5.89 Å². The van der Waals surface area contributed by atoms with E-state index in [0.29, 0.717) is 29.6 Å². The van der Waals surface area contributed by atoms with E-state index in [0.717, 1.165) is 31.8 Å². The average molecular weight is 321 g/mol. The summed E-state index contributed by atoms with van der Waals surface area (Å²) in [4.78, 5) is 4.52. The summed E-state index contributed by atoms with van der Waals surface area (Å²) in [7, 11) is 0. The number of nitrogens with one attached hydrogen (secondary N) is 1. The maximum Gasteiger partial charge on any atom is 0.255 e. The first-order chi connectivity index (χ1) is 11.0. The van der Waals surface area contributed by atoms with Gasteiger partial charge in [0.05, 0.1) is 6.10 Å². The van der Waals surface area contributed by atoms with Crippen LogP contribution in [-0.2, 0) is 4.74 Å². The standard InChI is InChI=1S/C18H31N3O2/c1-11(2)15(12(3)4)10-19-9-14-7-8-16(22-14)18-20-17(21-23-18)13-5-6-13/h11-16,19H,5-10H2,1-4H3/t14-,16+/m1/s1. The van der Waals surface area contributed by atoms with Gasteiger partial charge in [-0.3, -0.25) is 0 Å². The third-order valence-corrected chi connectivity index (χ3v) is 5.25. The molecule has 0 radical (unpaired) electrons. The van der Waals surface area contributed by atoms with E-state index >= 15 is 0 Å². The Hall–Kier alpha value is -0.940. The molecule has 1 aliphatic carbocycles. The highest BCUT2D eigenvalue weighted by molar-refractivity contribution is 5.04. The van der Waals surface area contributed by atoms with Gasteiger partial charge in [0.2, 0.25) is 0 Å². The summed E-state index contributed by atoms with van der Waals surface area (Å²) in [6.45, 7) is 11.2. The summed E-state index contributed by atoms with van der Waals surface area (Å²) in [5, 5.41) is 7.69. The molecule has 2 heterocycles. The van der Waals surface area contributed by atoms with E-state index in [1.807, 2.05) is 0 Å². The molecule has 3 rings (SSSR count). The quantitative estimate of drug-likeness (QED) is 0.791. The normalized spacial score (nSPS) is 25.2. The van der Waals surface area contributed by atoms with Gasteiger partial charge in [-0.1, -0.05) is 32.9 Å². The van der Waals surface area contributed by atoms with E-state index in [4.69, 9.17) is 9.26 Å². The molecule has 1 aliphatic heterocycles. The van der Waals surface area contributed by atoms with Crippen molar-refractivity contribution in [3.05, 3.63) is 11.7 Å². The van der Waals surface area contributed by atoms with Crippen molar-refractivity contribution in [2.24, 2.45) is 17.8 Å². The Bertz CT molecular complexity index is 488. The van der Waals surface area contributed by atoms with Crippen LogP contribution in [0.5, 0.6) is 0 Å². The van der Waals surface area contributed by atoms with Crippen LogP contribution >= 0.6 is 0 Å². The van der Waals surface area contributed by atoms with Gasteiger partial charge in [-0.25, -0.2) is 0 Å². The van der Waals surface area contributed by atoms with Crippen LogP contribution in [0.1, 0.15) is 77.1 Å². The van der Waals surface area contributed by atoms with Crippen molar-refractivity contribution < 1.29 is 9.26 Å². The van der Waals surface area contributed by atoms with E-state index in [2.05, 4.69) is 43.2 Å². The molecular weight excluding hydrogens is 290 g/mol. The van der Waals surface area contributed by atoms with Gasteiger partial charge in [-0.05, 0) is 50.0 Å². The zero-order valence-electron chi connectivity index (χ0n) is 14.9. The molecule has 0 unspecified atom stereocenters. The van der Waals surface area contributed by atoms with Crippen LogP contribution < -0.4 is 5.32 Å². The Balaban J connectivity index is 1.42. The zero-order valence-corrected chi connectivity index (χ0v) is 14.9. The molecule has 0 amide bonds. The molecule has 2 atom stereocenters. The van der Waals surface area contributed by atoms with E-state index in [-0.39, 0.29) is 12.2 Å². The molecule has 0 bridgehead atoms. The highest BCUT2D eigenvalue weighted by Crippen LogP contribution is 2.39. The van der Waals surface area contributed by atoms with Crippen molar-refractivity contribution >= 4 is 0 Å². The lowest BCUT2D eigenvalue weighted by molar-refractivity contribution is 0.0256. The Morgan fingerprint density at radius 3 is 2.48 bits per heavy atom. The lowest BCUT2D eigenvalue weighted by atomic mass is 9.85. The minimum Gasteiger partial charge on any atom is -0.364 e. The Labute approximate surface area is 139 Å². The summed E-state index contributed by atoms with van der Waals surface area (Å²) in [5.74, 6) is 4.22. The molecule has 1 N–H and O–H groups in total. The smallest absolute Gasteiger partial charge is 0.255 e. The van der Waals surface area contributed by atoms with Crippen molar-refractivity contribution in [2.45, 2.75) is 71.5 Å². The first-order valence-electron chi connectivity index (χ1n) is 9.24. The first-order valence-corrected chi connectivity index (χ1v) is 9.24. The second-order valence-corrected chi connectivity index (χ2v) is 7.90. The van der Waals surface area contributed by atoms with Crippen molar-refractivity contribution in [3.8, 4) is 0 Å². The van der Waals surface area contributed by atoms with Crippen molar-refractivity contribution in [3.63, 3.8) is 0 Å². The number of hydrogen-bond donors (Lipinski definition) is 1. The summed E-state index contributed by atoms with van der Waals surface area (Å²) in [5.41, 5.74) is 0. The van der Waals surface area contributed by atoms with Gasteiger partial charge < -0.3 is 14.6 Å². The fourth-order valence-corrected chi connectivity index (χ4v) is 3.58. The second-order valence-electron chi connectivity index (χ2n) is 7.90. The minimum absolute atomic E-state index is 0.00667. The lowest BCUT2D eigenvalue weighted by Gasteiger charge is -2.25. The fraction of sp³-hybridized carbons (Fsp3) is 0.889. The first kappa shape index (κ1) is 16.9. The van der Waals surface area contributed by atoms with Gasteiger partial charge in [0.1, 0.15) is 6.10 Å². The van der Waals surface area contributed by atoms with Crippen LogP contribution in [0.2, 0.25) is 0 Å². The summed E-state index contributed by atoms with van der Waals surface area (Å²) in [6, 6.07) is 0. The predicted octanol–water partition coefficient (Wildman–Crippen LogP) is 3.68. The molecule has 1 saturated carbocycles. The number of rotatable bonds is 8. The molecule has 1 saturated heterocycles. The monoisotopic (exact) mass is 321 g/mol. The molecule has 2 fully saturated rings. The third-order valence-electron chi connectivity index (χ3n) is 5.25. The Morgan fingerprint density at radius 2 is 1.83 bits per heavy atom. The largest absolute Gasteiger partial charge is 0.364 e. The van der Waals surface area contributed by atoms with Crippen LogP contribution in [-0.4, -0.2) is 29.3 Å². The summed E-state index contributed by atoms with van der Waals surface area (Å²) < 4.78 is 11.5. The molecule has 1 aromatic heterocycles. The van der Waals surface area contributed by atoms with Crippen molar-refractivity contribution in [1.82, 2.24) is 15.5 Å². The van der Waals surface area contributed by atoms with Crippen LogP contribution in [0.25, 0.3) is 0 Å². The molecule has 1 aromatic rings. The fourth-order valence-electron chi connectivity index (χ4n) is 3.58. The van der Waals surface area contributed by atoms with E-state index in [9.17, 15) is 0 Å². The van der Waals surface area contributed by atoms with E-state index in [1.165, 1.54) is 12.8 Å². The number of aromatic nitrogens is 2. The molecule has 5 heteroatoms. The molecule has 2 aliphatic rings. The molecule has 0 aromatic carbocycles. The van der Waals surface area contributed by atoms with Crippen LogP contribution in [0.15, 0.2) is 4.52 Å². The molecule has 5 nitrogen and oxygen atoms in total. The maximum atomic E-state index is 6.10. The third kappa shape index (κ3) is 4.32. The number of ether oxygens (including phenoxy) is 1. The molecule has 0 spiro atoms. The number of hydrogen-bond acceptors (Lipinski definition) is 5. The SMILES string of the molecule is CC(C)C(CNC[C@H]1CC[C@@H](c2nc(C3CC3)no2)O1)C(C)C. The van der Waals surface area contributed by atoms with Gasteiger partial charge in [0, 0.05) is 12.5 Å². The highest BCUT2D eigenvalue weighted by atomic mass is 16.5. The topological polar surface area (TPSA) is 60.2 Å². The molecular formula is C18H31N3O2. The van der Waals surface area contributed by atoms with Crippen LogP contribution in [0, 0.1) is 17.8 Å². The van der Waals surface area contributed by atoms with Gasteiger partial charge in [0.15, 0.2) is 5.82 Å². The molecule has 130 valence electrons. The second kappa shape index (κ2) is 7.31. The van der Waals surface area contributed by atoms with Crippen LogP contribution in [0.4, 0.5) is 0 Å². The Kier molecular flexibility index (Phi) is 5.37. The van der Waals surface area contributed by atoms with E-state index < -0.39 is 0 Å². The summed E-state index contributed by atoms with van der Waals surface area (Å²) in [6.07, 6.45) is 4.70. The van der Waals surface area contributed by atoms with Crippen LogP contribution in [0.3, 0.4) is 0 Å². The average Bonchev–Trinajstić information content (AvgIpc) is 3.05. The molecule has 23 heavy (non-hydrogen) atoms. The highest BCUT2D eigenvalue weighted by Gasteiger charge is 2.34. The van der Waals surface area contributed by atoms with Crippen molar-refractivity contribution in [2.75, 3.05) is 13.1 Å². The maximum absolute atomic E-state index is 6.10. The van der Waals surface area contributed by atoms with E-state index in [1.54, 1.807) is 0 Å². The van der Waals surface area contributed by atoms with Gasteiger partial charge in [-0.2, -0.15) is 4.98 Å². The predicted molar refractivity (Wildman–Crippen MR) is 89.2 cm³/mol. The minimum atomic E-state index is -0.00667. The zero-order chi connectivity index (χ0) is 16.4. The van der Waals surface area contributed by atoms with Gasteiger partial charge in [-0.15, -0.1) is 0 Å². The number of nitrogens with zero attached hydrogens (tertiary/aromatic N) is 2.